The molecule has 0 aromatic rings. The number of nitrogens with zero attached hydrogens (tertiary/aromatic N) is 1. The predicted molar refractivity (Wildman–Crippen MR) is 62.0 cm³/mol. The molecule has 1 aliphatic heterocycles. The summed E-state index contributed by atoms with van der Waals surface area (Å²) in [6, 6.07) is 0. The van der Waals surface area contributed by atoms with E-state index in [9.17, 15) is 4.79 Å². The van der Waals surface area contributed by atoms with Crippen LogP contribution in [0.5, 0.6) is 0 Å². The van der Waals surface area contributed by atoms with Crippen LogP contribution in [-0.4, -0.2) is 42.6 Å². The highest BCUT2D eigenvalue weighted by molar-refractivity contribution is 5.77. The number of hydrogen-bond donors (Lipinski definition) is 1. The van der Waals surface area contributed by atoms with Crippen LogP contribution in [0.1, 0.15) is 38.5 Å². The third kappa shape index (κ3) is 2.55. The lowest BCUT2D eigenvalue weighted by molar-refractivity contribution is -0.141. The first-order valence-electron chi connectivity index (χ1n) is 6.38. The molecule has 92 valence electrons. The van der Waals surface area contributed by atoms with Gasteiger partial charge < -0.3 is 15.4 Å². The molecule has 2 N–H and O–H groups in total. The summed E-state index contributed by atoms with van der Waals surface area (Å²) < 4.78 is 5.80. The van der Waals surface area contributed by atoms with Gasteiger partial charge in [0.05, 0.1) is 5.60 Å². The Morgan fingerprint density at radius 1 is 1.19 bits per heavy atom. The summed E-state index contributed by atoms with van der Waals surface area (Å²) in [5, 5.41) is 0. The zero-order valence-corrected chi connectivity index (χ0v) is 9.91. The average Bonchev–Trinajstić information content (AvgIpc) is 2.98. The van der Waals surface area contributed by atoms with Crippen LogP contribution in [0.3, 0.4) is 0 Å². The minimum atomic E-state index is -0.199. The van der Waals surface area contributed by atoms with Crippen molar-refractivity contribution in [2.75, 3.05) is 26.2 Å². The van der Waals surface area contributed by atoms with Gasteiger partial charge in [-0.3, -0.25) is 4.79 Å². The minimum Gasteiger partial charge on any atom is -0.364 e. The summed E-state index contributed by atoms with van der Waals surface area (Å²) in [4.78, 5) is 13.7. The van der Waals surface area contributed by atoms with Crippen LogP contribution in [0.15, 0.2) is 0 Å². The fraction of sp³-hybridized carbons (Fsp3) is 0.917. The van der Waals surface area contributed by atoms with Gasteiger partial charge in [0.25, 0.3) is 0 Å². The molecule has 0 unspecified atom stereocenters. The number of likely N-dealkylation sites (tertiary alicyclic amines) is 1. The molecule has 1 aliphatic carbocycles. The maximum Gasteiger partial charge on any atom is 0.248 e. The summed E-state index contributed by atoms with van der Waals surface area (Å²) in [6.07, 6.45) is 6.64. The Balaban J connectivity index is 1.79. The van der Waals surface area contributed by atoms with Crippen molar-refractivity contribution >= 4 is 5.91 Å². The third-order valence-electron chi connectivity index (χ3n) is 3.85. The third-order valence-corrected chi connectivity index (χ3v) is 3.85. The smallest absolute Gasteiger partial charge is 0.248 e. The number of carbonyl (C=O) groups is 1. The molecule has 16 heavy (non-hydrogen) atoms. The highest BCUT2D eigenvalue weighted by atomic mass is 16.5. The lowest BCUT2D eigenvalue weighted by Gasteiger charge is -2.28. The van der Waals surface area contributed by atoms with E-state index in [-0.39, 0.29) is 18.1 Å². The summed E-state index contributed by atoms with van der Waals surface area (Å²) in [6.45, 7) is 2.56. The molecular weight excluding hydrogens is 204 g/mol. The van der Waals surface area contributed by atoms with Gasteiger partial charge in [-0.1, -0.05) is 12.8 Å². The van der Waals surface area contributed by atoms with Gasteiger partial charge in [0.1, 0.15) is 6.61 Å². The van der Waals surface area contributed by atoms with E-state index < -0.39 is 0 Å². The first-order valence-corrected chi connectivity index (χ1v) is 6.38. The van der Waals surface area contributed by atoms with Crippen molar-refractivity contribution in [1.82, 2.24) is 4.90 Å². The molecule has 2 fully saturated rings. The second-order valence-corrected chi connectivity index (χ2v) is 4.97. The Morgan fingerprint density at radius 2 is 1.81 bits per heavy atom. The van der Waals surface area contributed by atoms with E-state index in [1.165, 1.54) is 12.8 Å². The zero-order valence-electron chi connectivity index (χ0n) is 9.91. The number of ether oxygens (including phenoxy) is 1. The lowest BCUT2D eigenvalue weighted by atomic mass is 10.0. The van der Waals surface area contributed by atoms with Crippen molar-refractivity contribution < 1.29 is 9.53 Å². The van der Waals surface area contributed by atoms with Crippen molar-refractivity contribution in [3.05, 3.63) is 0 Å². The summed E-state index contributed by atoms with van der Waals surface area (Å²) in [5.74, 6) is 0.136. The van der Waals surface area contributed by atoms with E-state index in [2.05, 4.69) is 0 Å². The number of nitrogens with two attached hydrogens (primary N) is 1. The van der Waals surface area contributed by atoms with Gasteiger partial charge in [-0.25, -0.2) is 0 Å². The SMILES string of the molecule is NCC1(OCC(=O)N2CCCC2)CCCC1. The number of hydrogen-bond acceptors (Lipinski definition) is 3. The van der Waals surface area contributed by atoms with Gasteiger partial charge in [0.15, 0.2) is 0 Å². The van der Waals surface area contributed by atoms with Crippen LogP contribution >= 0.6 is 0 Å². The van der Waals surface area contributed by atoms with Crippen LogP contribution in [-0.2, 0) is 9.53 Å². The van der Waals surface area contributed by atoms with Crippen LogP contribution in [0, 0.1) is 0 Å². The Hall–Kier alpha value is -0.610. The summed E-state index contributed by atoms with van der Waals surface area (Å²) >= 11 is 0. The van der Waals surface area contributed by atoms with Gasteiger partial charge >= 0.3 is 0 Å². The van der Waals surface area contributed by atoms with Crippen molar-refractivity contribution in [3.63, 3.8) is 0 Å². The van der Waals surface area contributed by atoms with Gasteiger partial charge in [0.2, 0.25) is 5.91 Å². The maximum absolute atomic E-state index is 11.8. The molecular formula is C12H22N2O2. The van der Waals surface area contributed by atoms with Crippen molar-refractivity contribution in [3.8, 4) is 0 Å². The minimum absolute atomic E-state index is 0.136. The largest absolute Gasteiger partial charge is 0.364 e. The number of carbonyl (C=O) groups excluding carboxylic acids is 1. The first-order chi connectivity index (χ1) is 7.76. The maximum atomic E-state index is 11.8. The zero-order chi connectivity index (χ0) is 11.4. The Morgan fingerprint density at radius 3 is 2.38 bits per heavy atom. The molecule has 0 radical (unpaired) electrons. The number of amides is 1. The lowest BCUT2D eigenvalue weighted by Crippen LogP contribution is -2.41. The molecule has 0 bridgehead atoms. The van der Waals surface area contributed by atoms with Gasteiger partial charge in [-0.15, -0.1) is 0 Å². The molecule has 0 atom stereocenters. The molecule has 2 aliphatic rings. The molecule has 1 heterocycles. The normalized spacial score (nSPS) is 23.9. The quantitative estimate of drug-likeness (QED) is 0.774. The second kappa shape index (κ2) is 5.15. The highest BCUT2D eigenvalue weighted by Gasteiger charge is 2.34. The highest BCUT2D eigenvalue weighted by Crippen LogP contribution is 2.32. The van der Waals surface area contributed by atoms with E-state index in [1.807, 2.05) is 4.90 Å². The standard InChI is InChI=1S/C12H22N2O2/c13-10-12(5-1-2-6-12)16-9-11(15)14-7-3-4-8-14/h1-10,13H2. The molecule has 0 aromatic heterocycles. The van der Waals surface area contributed by atoms with Crippen LogP contribution < -0.4 is 5.73 Å². The van der Waals surface area contributed by atoms with Gasteiger partial charge in [-0.2, -0.15) is 0 Å². The summed E-state index contributed by atoms with van der Waals surface area (Å²) in [5.41, 5.74) is 5.56. The molecule has 4 nitrogen and oxygen atoms in total. The van der Waals surface area contributed by atoms with E-state index >= 15 is 0 Å². The molecule has 1 amide bonds. The predicted octanol–water partition coefficient (Wildman–Crippen LogP) is 0.897. The Kier molecular flexibility index (Phi) is 3.82. The topological polar surface area (TPSA) is 55.6 Å². The fourth-order valence-electron chi connectivity index (χ4n) is 2.70. The van der Waals surface area contributed by atoms with Crippen molar-refractivity contribution in [2.24, 2.45) is 5.73 Å². The van der Waals surface area contributed by atoms with Crippen LogP contribution in [0.2, 0.25) is 0 Å². The van der Waals surface area contributed by atoms with E-state index in [0.717, 1.165) is 38.8 Å². The molecule has 4 heteroatoms. The monoisotopic (exact) mass is 226 g/mol. The van der Waals surface area contributed by atoms with Crippen molar-refractivity contribution in [2.45, 2.75) is 44.1 Å². The molecule has 0 aromatic carbocycles. The molecule has 1 saturated carbocycles. The van der Waals surface area contributed by atoms with E-state index in [0.29, 0.717) is 6.54 Å². The van der Waals surface area contributed by atoms with E-state index in [1.54, 1.807) is 0 Å². The molecule has 0 spiro atoms. The molecule has 2 rings (SSSR count). The Labute approximate surface area is 97.1 Å². The van der Waals surface area contributed by atoms with Crippen LogP contribution in [0.4, 0.5) is 0 Å². The summed E-state index contributed by atoms with van der Waals surface area (Å²) in [7, 11) is 0. The average molecular weight is 226 g/mol. The first kappa shape index (κ1) is 11.9. The second-order valence-electron chi connectivity index (χ2n) is 4.97. The van der Waals surface area contributed by atoms with Crippen molar-refractivity contribution in [1.29, 1.82) is 0 Å². The van der Waals surface area contributed by atoms with Crippen LogP contribution in [0.25, 0.3) is 0 Å². The number of rotatable bonds is 4. The van der Waals surface area contributed by atoms with Gasteiger partial charge in [-0.05, 0) is 25.7 Å². The van der Waals surface area contributed by atoms with E-state index in [4.69, 9.17) is 10.5 Å². The molecule has 1 saturated heterocycles. The van der Waals surface area contributed by atoms with Gasteiger partial charge in [0, 0.05) is 19.6 Å². The fourth-order valence-corrected chi connectivity index (χ4v) is 2.70. The Bertz CT molecular complexity index is 243.